The van der Waals surface area contributed by atoms with Crippen LogP contribution in [0.25, 0.3) is 11.4 Å². The number of hydrogen-bond donors (Lipinski definition) is 1. The molecule has 2 aromatic heterocycles. The van der Waals surface area contributed by atoms with Gasteiger partial charge in [-0.15, -0.1) is 11.3 Å². The lowest BCUT2D eigenvalue weighted by atomic mass is 9.98. The first-order chi connectivity index (χ1) is 15.8. The number of nitrogens with one attached hydrogen (secondary N) is 1. The van der Waals surface area contributed by atoms with Crippen LogP contribution in [-0.2, 0) is 14.8 Å². The fourth-order valence-corrected chi connectivity index (χ4v) is 6.47. The Kier molecular flexibility index (Phi) is 6.68. The Morgan fingerprint density at radius 2 is 2.09 bits per heavy atom. The van der Waals surface area contributed by atoms with Crippen LogP contribution >= 0.6 is 11.3 Å². The third-order valence-corrected chi connectivity index (χ3v) is 8.66. The number of aromatic nitrogens is 2. The quantitative estimate of drug-likeness (QED) is 0.533. The second-order valence-electron chi connectivity index (χ2n) is 7.55. The number of piperidine rings is 1. The largest absolute Gasteiger partial charge is 0.497 e. The molecule has 1 amide bonds. The van der Waals surface area contributed by atoms with Gasteiger partial charge in [0.2, 0.25) is 17.6 Å². The summed E-state index contributed by atoms with van der Waals surface area (Å²) in [6.45, 7) is 2.11. The van der Waals surface area contributed by atoms with Gasteiger partial charge in [0.15, 0.2) is 0 Å². The summed E-state index contributed by atoms with van der Waals surface area (Å²) in [6, 6.07) is 6.64. The maximum absolute atomic E-state index is 13.3. The summed E-state index contributed by atoms with van der Waals surface area (Å²) >= 11 is 1.09. The molecule has 12 heteroatoms. The minimum atomic E-state index is -3.76. The molecule has 1 aliphatic heterocycles. The summed E-state index contributed by atoms with van der Waals surface area (Å²) < 4.78 is 43.5. The van der Waals surface area contributed by atoms with Gasteiger partial charge in [-0.05, 0) is 31.0 Å². The van der Waals surface area contributed by atoms with Gasteiger partial charge >= 0.3 is 0 Å². The van der Waals surface area contributed by atoms with E-state index in [2.05, 4.69) is 15.5 Å². The van der Waals surface area contributed by atoms with Gasteiger partial charge in [0.25, 0.3) is 10.0 Å². The van der Waals surface area contributed by atoms with Crippen molar-refractivity contribution in [1.82, 2.24) is 14.4 Å². The molecule has 3 heterocycles. The summed E-state index contributed by atoms with van der Waals surface area (Å²) in [7, 11) is -0.718. The molecule has 10 nitrogen and oxygen atoms in total. The minimum Gasteiger partial charge on any atom is -0.497 e. The van der Waals surface area contributed by atoms with Crippen LogP contribution in [0.5, 0.6) is 11.5 Å². The molecule has 1 aliphatic rings. The number of hydrogen-bond acceptors (Lipinski definition) is 9. The molecule has 33 heavy (non-hydrogen) atoms. The lowest BCUT2D eigenvalue weighted by Crippen LogP contribution is -2.43. The highest BCUT2D eigenvalue weighted by atomic mass is 32.2. The number of amides is 1. The summed E-state index contributed by atoms with van der Waals surface area (Å²) in [6.07, 6.45) is 1.16. The predicted molar refractivity (Wildman–Crippen MR) is 122 cm³/mol. The molecule has 0 unspecified atom stereocenters. The number of thiophene rings is 1. The maximum Gasteiger partial charge on any atom is 0.252 e. The van der Waals surface area contributed by atoms with E-state index in [1.807, 2.05) is 0 Å². The molecule has 0 aliphatic carbocycles. The molecule has 4 rings (SSSR count). The monoisotopic (exact) mass is 492 g/mol. The van der Waals surface area contributed by atoms with Crippen molar-refractivity contribution in [3.8, 4) is 22.9 Å². The Hall–Kier alpha value is -2.96. The molecular weight excluding hydrogens is 468 g/mol. The fourth-order valence-electron chi connectivity index (χ4n) is 3.63. The summed E-state index contributed by atoms with van der Waals surface area (Å²) in [5.41, 5.74) is 1.05. The average Bonchev–Trinajstić information content (AvgIpc) is 3.48. The topological polar surface area (TPSA) is 124 Å². The van der Waals surface area contributed by atoms with E-state index in [-0.39, 0.29) is 16.7 Å². The van der Waals surface area contributed by atoms with Gasteiger partial charge in [-0.1, -0.05) is 5.16 Å². The molecule has 0 spiro atoms. The van der Waals surface area contributed by atoms with E-state index in [1.54, 1.807) is 30.5 Å². The normalized spacial score (nSPS) is 17.0. The molecule has 176 valence electrons. The van der Waals surface area contributed by atoms with Gasteiger partial charge < -0.3 is 19.3 Å². The van der Waals surface area contributed by atoms with Crippen molar-refractivity contribution in [2.45, 2.75) is 24.0 Å². The van der Waals surface area contributed by atoms with Crippen molar-refractivity contribution in [1.29, 1.82) is 0 Å². The van der Waals surface area contributed by atoms with E-state index in [4.69, 9.17) is 14.0 Å². The number of carbonyl (C=O) groups is 1. The first-order valence-corrected chi connectivity index (χ1v) is 12.6. The number of benzene rings is 1. The first-order valence-electron chi connectivity index (χ1n) is 10.2. The number of anilines is 1. The second-order valence-corrected chi connectivity index (χ2v) is 10.6. The second kappa shape index (κ2) is 9.49. The van der Waals surface area contributed by atoms with Crippen molar-refractivity contribution >= 4 is 33.0 Å². The third kappa shape index (κ3) is 4.87. The summed E-state index contributed by atoms with van der Waals surface area (Å²) in [5.74, 6) is 1.04. The number of ether oxygens (including phenoxy) is 2. The van der Waals surface area contributed by atoms with Crippen LogP contribution in [0.4, 0.5) is 5.69 Å². The molecule has 3 aromatic rings. The summed E-state index contributed by atoms with van der Waals surface area (Å²) in [5, 5.41) is 8.37. The molecule has 1 N–H and O–H groups in total. The average molecular weight is 493 g/mol. The van der Waals surface area contributed by atoms with Crippen molar-refractivity contribution < 1.29 is 27.2 Å². The Labute approximate surface area is 195 Å². The van der Waals surface area contributed by atoms with Crippen molar-refractivity contribution in [2.24, 2.45) is 5.92 Å². The van der Waals surface area contributed by atoms with E-state index in [0.29, 0.717) is 53.9 Å². The van der Waals surface area contributed by atoms with Crippen LogP contribution in [0, 0.1) is 12.8 Å². The van der Waals surface area contributed by atoms with Crippen LogP contribution in [0.2, 0.25) is 0 Å². The van der Waals surface area contributed by atoms with Gasteiger partial charge in [-0.3, -0.25) is 4.79 Å². The molecule has 0 saturated carbocycles. The van der Waals surface area contributed by atoms with E-state index in [0.717, 1.165) is 11.3 Å². The highest BCUT2D eigenvalue weighted by Crippen LogP contribution is 2.33. The molecule has 1 fully saturated rings. The Balaban J connectivity index is 1.49. The van der Waals surface area contributed by atoms with E-state index >= 15 is 0 Å². The van der Waals surface area contributed by atoms with Gasteiger partial charge in [0.1, 0.15) is 15.7 Å². The molecule has 1 aromatic carbocycles. The molecule has 1 atom stereocenters. The lowest BCUT2D eigenvalue weighted by Gasteiger charge is -2.30. The number of methoxy groups -OCH3 is 2. The number of rotatable bonds is 7. The maximum atomic E-state index is 13.3. The van der Waals surface area contributed by atoms with Crippen molar-refractivity contribution in [3.05, 3.63) is 35.5 Å². The highest BCUT2D eigenvalue weighted by molar-refractivity contribution is 7.91. The molecular formula is C21H24N4O6S2. The van der Waals surface area contributed by atoms with Crippen LogP contribution in [0.1, 0.15) is 18.7 Å². The number of sulfonamides is 1. The van der Waals surface area contributed by atoms with Gasteiger partial charge in [0.05, 0.1) is 25.8 Å². The zero-order chi connectivity index (χ0) is 23.6. The highest BCUT2D eigenvalue weighted by Gasteiger charge is 2.34. The van der Waals surface area contributed by atoms with E-state index in [9.17, 15) is 13.2 Å². The zero-order valence-electron chi connectivity index (χ0n) is 18.4. The Morgan fingerprint density at radius 3 is 2.79 bits per heavy atom. The van der Waals surface area contributed by atoms with Gasteiger partial charge in [-0.25, -0.2) is 8.42 Å². The zero-order valence-corrected chi connectivity index (χ0v) is 20.0. The SMILES string of the molecule is COc1ccc(OC)c(NC(=O)[C@H]2CCCN(S(=O)(=O)c3cc(-c4noc(C)n4)cs3)C2)c1. The lowest BCUT2D eigenvalue weighted by molar-refractivity contribution is -0.120. The van der Waals surface area contributed by atoms with Crippen LogP contribution in [0.3, 0.4) is 0 Å². The Morgan fingerprint density at radius 1 is 1.27 bits per heavy atom. The third-order valence-electron chi connectivity index (χ3n) is 5.37. The summed E-state index contributed by atoms with van der Waals surface area (Å²) in [4.78, 5) is 17.1. The van der Waals surface area contributed by atoms with Crippen LogP contribution in [0.15, 0.2) is 38.4 Å². The minimum absolute atomic E-state index is 0.0923. The van der Waals surface area contributed by atoms with E-state index in [1.165, 1.54) is 24.6 Å². The van der Waals surface area contributed by atoms with Crippen molar-refractivity contribution in [3.63, 3.8) is 0 Å². The van der Waals surface area contributed by atoms with Crippen molar-refractivity contribution in [2.75, 3.05) is 32.6 Å². The fraction of sp³-hybridized carbons (Fsp3) is 0.381. The molecule has 1 saturated heterocycles. The van der Waals surface area contributed by atoms with Gasteiger partial charge in [-0.2, -0.15) is 9.29 Å². The number of carbonyl (C=O) groups excluding carboxylic acids is 1. The molecule has 0 radical (unpaired) electrons. The van der Waals surface area contributed by atoms with E-state index < -0.39 is 15.9 Å². The number of aryl methyl sites for hydroxylation is 1. The smallest absolute Gasteiger partial charge is 0.252 e. The predicted octanol–water partition coefficient (Wildman–Crippen LogP) is 3.16. The van der Waals surface area contributed by atoms with Crippen LogP contribution < -0.4 is 14.8 Å². The first kappa shape index (κ1) is 23.2. The Bertz CT molecular complexity index is 1250. The standard InChI is InChI=1S/C21H24N4O6S2/c1-13-22-20(24-31-13)15-9-19(32-12-15)33(27,28)25-8-4-5-14(11-25)21(26)23-17-10-16(29-2)6-7-18(17)30-3/h6-7,9-10,12,14H,4-5,8,11H2,1-3H3,(H,23,26)/t14-/m0/s1. The molecule has 0 bridgehead atoms. The van der Waals surface area contributed by atoms with Gasteiger partial charge in [0, 0.05) is 37.0 Å². The van der Waals surface area contributed by atoms with Crippen LogP contribution in [-0.4, -0.2) is 56.1 Å². The number of nitrogens with zero attached hydrogens (tertiary/aromatic N) is 3.